The zero-order valence-electron chi connectivity index (χ0n) is 22.2. The van der Waals surface area contributed by atoms with E-state index in [-0.39, 0.29) is 35.0 Å². The van der Waals surface area contributed by atoms with Gasteiger partial charge < -0.3 is 20.4 Å². The highest BCUT2D eigenvalue weighted by molar-refractivity contribution is 6.30. The Labute approximate surface area is 237 Å². The Kier molecular flexibility index (Phi) is 8.23. The number of hydrogen-bond donors (Lipinski definition) is 2. The molecule has 2 fully saturated rings. The van der Waals surface area contributed by atoms with Crippen LogP contribution in [0.1, 0.15) is 48.2 Å². The standard InChI is InChI=1S/C30H33ClN4O5/c31-21-10-8-20(9-11-21)18-23(33-27(37)26-19-24(36)22-6-2-3-7-25(22)40-26)28(38)34-16-12-30(13-17-34,29(32)39)35-14-4-1-5-15-35/h2-3,6-11,19,23H,1,4-5,12-18H2,(H2,32,39)(H,33,37)/t23-/m1/s1. The molecule has 9 nitrogen and oxygen atoms in total. The van der Waals surface area contributed by atoms with E-state index in [0.29, 0.717) is 36.3 Å². The van der Waals surface area contributed by atoms with Gasteiger partial charge in [-0.15, -0.1) is 0 Å². The summed E-state index contributed by atoms with van der Waals surface area (Å²) in [5, 5.41) is 3.72. The minimum atomic E-state index is -0.929. The number of rotatable bonds is 7. The number of carbonyl (C=O) groups is 3. The highest BCUT2D eigenvalue weighted by Gasteiger charge is 2.46. The number of amides is 3. The van der Waals surface area contributed by atoms with Gasteiger partial charge in [0, 0.05) is 30.6 Å². The first-order valence-corrected chi connectivity index (χ1v) is 14.1. The Morgan fingerprint density at radius 3 is 2.33 bits per heavy atom. The largest absolute Gasteiger partial charge is 0.451 e. The lowest BCUT2D eigenvalue weighted by atomic mass is 9.83. The Morgan fingerprint density at radius 1 is 0.975 bits per heavy atom. The molecule has 5 rings (SSSR count). The zero-order valence-corrected chi connectivity index (χ0v) is 23.0. The maximum Gasteiger partial charge on any atom is 0.287 e. The summed E-state index contributed by atoms with van der Waals surface area (Å²) in [6.45, 7) is 2.33. The summed E-state index contributed by atoms with van der Waals surface area (Å²) >= 11 is 6.05. The van der Waals surface area contributed by atoms with Crippen molar-refractivity contribution >= 4 is 40.3 Å². The molecule has 2 saturated heterocycles. The van der Waals surface area contributed by atoms with Crippen LogP contribution in [0, 0.1) is 0 Å². The van der Waals surface area contributed by atoms with Crippen LogP contribution in [-0.4, -0.2) is 65.3 Å². The molecule has 3 aromatic rings. The van der Waals surface area contributed by atoms with Crippen molar-refractivity contribution in [2.45, 2.75) is 50.1 Å². The maximum absolute atomic E-state index is 13.8. The van der Waals surface area contributed by atoms with Gasteiger partial charge in [0.2, 0.25) is 11.8 Å². The number of carbonyl (C=O) groups excluding carboxylic acids is 3. The highest BCUT2D eigenvalue weighted by Crippen LogP contribution is 2.32. The van der Waals surface area contributed by atoms with Gasteiger partial charge >= 0.3 is 0 Å². The number of nitrogens with one attached hydrogen (secondary N) is 1. The van der Waals surface area contributed by atoms with Crippen LogP contribution >= 0.6 is 11.6 Å². The molecule has 2 aliphatic rings. The van der Waals surface area contributed by atoms with Gasteiger partial charge in [0.1, 0.15) is 17.2 Å². The number of piperidine rings is 2. The summed E-state index contributed by atoms with van der Waals surface area (Å²) in [5.41, 5.74) is 5.91. The Bertz CT molecular complexity index is 1460. The van der Waals surface area contributed by atoms with E-state index in [9.17, 15) is 19.2 Å². The van der Waals surface area contributed by atoms with Crippen LogP contribution in [0.2, 0.25) is 5.02 Å². The number of halogens is 1. The van der Waals surface area contributed by atoms with E-state index in [1.54, 1.807) is 53.4 Å². The first-order valence-electron chi connectivity index (χ1n) is 13.7. The summed E-state index contributed by atoms with van der Waals surface area (Å²) in [4.78, 5) is 56.2. The molecule has 40 heavy (non-hydrogen) atoms. The van der Waals surface area contributed by atoms with E-state index in [1.807, 2.05) is 0 Å². The quantitative estimate of drug-likeness (QED) is 0.454. The first-order chi connectivity index (χ1) is 19.3. The van der Waals surface area contributed by atoms with Gasteiger partial charge in [-0.3, -0.25) is 24.1 Å². The predicted molar refractivity (Wildman–Crippen MR) is 152 cm³/mol. The number of benzene rings is 2. The topological polar surface area (TPSA) is 126 Å². The third kappa shape index (κ3) is 5.76. The number of fused-ring (bicyclic) bond motifs is 1. The molecule has 2 aliphatic heterocycles. The molecule has 0 spiro atoms. The summed E-state index contributed by atoms with van der Waals surface area (Å²) in [6, 6.07) is 13.9. The van der Waals surface area contributed by atoms with E-state index >= 15 is 0 Å². The second kappa shape index (κ2) is 11.8. The number of primary amides is 1. The number of hydrogen-bond acceptors (Lipinski definition) is 6. The van der Waals surface area contributed by atoms with Crippen molar-refractivity contribution in [3.63, 3.8) is 0 Å². The first kappa shape index (κ1) is 27.9. The van der Waals surface area contributed by atoms with Crippen LogP contribution in [0.15, 0.2) is 63.8 Å². The lowest BCUT2D eigenvalue weighted by molar-refractivity contribution is -0.143. The Morgan fingerprint density at radius 2 is 1.65 bits per heavy atom. The van der Waals surface area contributed by atoms with Crippen molar-refractivity contribution in [3.8, 4) is 0 Å². The molecule has 0 saturated carbocycles. The van der Waals surface area contributed by atoms with E-state index in [0.717, 1.165) is 44.0 Å². The lowest BCUT2D eigenvalue weighted by Crippen LogP contribution is -2.64. The smallest absolute Gasteiger partial charge is 0.287 e. The number of nitrogens with two attached hydrogens (primary N) is 1. The molecule has 3 N–H and O–H groups in total. The third-order valence-corrected chi connectivity index (χ3v) is 8.39. The second-order valence-corrected chi connectivity index (χ2v) is 11.0. The SMILES string of the molecule is NC(=O)C1(N2CCCCC2)CCN(C(=O)[C@@H](Cc2ccc(Cl)cc2)NC(=O)c2cc(=O)c3ccccc3o2)CC1. The van der Waals surface area contributed by atoms with Gasteiger partial charge in [0.25, 0.3) is 5.91 Å². The second-order valence-electron chi connectivity index (χ2n) is 10.6. The van der Waals surface area contributed by atoms with Crippen LogP contribution in [-0.2, 0) is 16.0 Å². The molecule has 0 unspecified atom stereocenters. The summed E-state index contributed by atoms with van der Waals surface area (Å²) in [5.74, 6) is -1.46. The van der Waals surface area contributed by atoms with Crippen LogP contribution in [0.4, 0.5) is 0 Å². The molecule has 2 aromatic carbocycles. The van der Waals surface area contributed by atoms with Gasteiger partial charge in [-0.1, -0.05) is 42.3 Å². The number of nitrogens with zero attached hydrogens (tertiary/aromatic N) is 2. The minimum absolute atomic E-state index is 0.172. The molecule has 3 heterocycles. The molecule has 1 atom stereocenters. The molecule has 3 amide bonds. The van der Waals surface area contributed by atoms with Crippen molar-refractivity contribution < 1.29 is 18.8 Å². The van der Waals surface area contributed by atoms with Crippen LogP contribution in [0.5, 0.6) is 0 Å². The summed E-state index contributed by atoms with van der Waals surface area (Å²) in [6.07, 6.45) is 4.28. The monoisotopic (exact) mass is 564 g/mol. The zero-order chi connectivity index (χ0) is 28.3. The van der Waals surface area contributed by atoms with Gasteiger partial charge in [0.05, 0.1) is 5.39 Å². The summed E-state index contributed by atoms with van der Waals surface area (Å²) in [7, 11) is 0. The van der Waals surface area contributed by atoms with Crippen LogP contribution < -0.4 is 16.5 Å². The number of para-hydroxylation sites is 1. The van der Waals surface area contributed by atoms with Gasteiger partial charge in [-0.05, 0) is 68.6 Å². The fourth-order valence-corrected chi connectivity index (χ4v) is 5.99. The van der Waals surface area contributed by atoms with Gasteiger partial charge in [0.15, 0.2) is 11.2 Å². The van der Waals surface area contributed by atoms with Crippen LogP contribution in [0.3, 0.4) is 0 Å². The van der Waals surface area contributed by atoms with Crippen molar-refractivity contribution in [2.24, 2.45) is 5.73 Å². The summed E-state index contributed by atoms with van der Waals surface area (Å²) < 4.78 is 5.71. The lowest BCUT2D eigenvalue weighted by Gasteiger charge is -2.48. The molecule has 210 valence electrons. The number of likely N-dealkylation sites (tertiary alicyclic amines) is 2. The molecule has 10 heteroatoms. The fraction of sp³-hybridized carbons (Fsp3) is 0.400. The van der Waals surface area contributed by atoms with E-state index in [4.69, 9.17) is 21.8 Å². The van der Waals surface area contributed by atoms with Gasteiger partial charge in [-0.25, -0.2) is 0 Å². The Balaban J connectivity index is 1.36. The maximum atomic E-state index is 13.8. The average Bonchev–Trinajstić information content (AvgIpc) is 2.98. The van der Waals surface area contributed by atoms with Crippen molar-refractivity contribution in [1.82, 2.24) is 15.1 Å². The molecular weight excluding hydrogens is 532 g/mol. The molecule has 0 bridgehead atoms. The Hall–Kier alpha value is -3.69. The molecule has 1 aromatic heterocycles. The predicted octanol–water partition coefficient (Wildman–Crippen LogP) is 3.12. The van der Waals surface area contributed by atoms with E-state index < -0.39 is 17.5 Å². The van der Waals surface area contributed by atoms with Crippen molar-refractivity contribution in [1.29, 1.82) is 0 Å². The fourth-order valence-electron chi connectivity index (χ4n) is 5.86. The normalized spacial score (nSPS) is 18.3. The van der Waals surface area contributed by atoms with E-state index in [1.165, 1.54) is 0 Å². The average molecular weight is 565 g/mol. The molecule has 0 aliphatic carbocycles. The van der Waals surface area contributed by atoms with Gasteiger partial charge in [-0.2, -0.15) is 0 Å². The minimum Gasteiger partial charge on any atom is -0.451 e. The van der Waals surface area contributed by atoms with E-state index in [2.05, 4.69) is 10.2 Å². The molecule has 0 radical (unpaired) electrons. The highest BCUT2D eigenvalue weighted by atomic mass is 35.5. The van der Waals surface area contributed by atoms with Crippen LogP contribution in [0.25, 0.3) is 11.0 Å². The van der Waals surface area contributed by atoms with Crippen molar-refractivity contribution in [3.05, 3.63) is 81.2 Å². The van der Waals surface area contributed by atoms with Crippen molar-refractivity contribution in [2.75, 3.05) is 26.2 Å². The third-order valence-electron chi connectivity index (χ3n) is 8.14. The molecular formula is C30H33ClN4O5.